The van der Waals surface area contributed by atoms with E-state index in [0.29, 0.717) is 10.9 Å². The van der Waals surface area contributed by atoms with Gasteiger partial charge in [0.15, 0.2) is 23.2 Å². The summed E-state index contributed by atoms with van der Waals surface area (Å²) in [5.74, 6) is 1.01. The van der Waals surface area contributed by atoms with Crippen molar-refractivity contribution >= 4 is 10.8 Å². The molecule has 25 heavy (non-hydrogen) atoms. The maximum atomic E-state index is 14.0. The van der Waals surface area contributed by atoms with Crippen LogP contribution in [-0.2, 0) is 0 Å². The lowest BCUT2D eigenvalue weighted by Crippen LogP contribution is -1.98. The van der Waals surface area contributed by atoms with Crippen LogP contribution < -0.4 is 4.74 Å². The van der Waals surface area contributed by atoms with E-state index < -0.39 is 23.3 Å². The minimum atomic E-state index is -1.09. The zero-order valence-electron chi connectivity index (χ0n) is 13.2. The molecule has 0 fully saturated rings. The predicted molar refractivity (Wildman–Crippen MR) is 87.4 cm³/mol. The second-order valence-corrected chi connectivity index (χ2v) is 5.22. The fourth-order valence-corrected chi connectivity index (χ4v) is 2.38. The number of rotatable bonds is 2. The lowest BCUT2D eigenvalue weighted by molar-refractivity contribution is 0.314. The monoisotopic (exact) mass is 344 g/mol. The summed E-state index contributed by atoms with van der Waals surface area (Å²) in [6, 6.07) is 9.52. The summed E-state index contributed by atoms with van der Waals surface area (Å²) < 4.78 is 59.6. The highest BCUT2D eigenvalue weighted by atomic mass is 19.2. The van der Waals surface area contributed by atoms with E-state index in [0.717, 1.165) is 6.07 Å². The molecule has 126 valence electrons. The van der Waals surface area contributed by atoms with E-state index in [-0.39, 0.29) is 23.3 Å². The number of hydrogen-bond acceptors (Lipinski definition) is 1. The van der Waals surface area contributed by atoms with E-state index >= 15 is 0 Å². The van der Waals surface area contributed by atoms with Gasteiger partial charge in [-0.3, -0.25) is 0 Å². The molecule has 3 aromatic rings. The van der Waals surface area contributed by atoms with Gasteiger partial charge < -0.3 is 4.74 Å². The third-order valence-electron chi connectivity index (χ3n) is 3.60. The standard InChI is InChI=1S/C20H12F4O/c1-2-25-17-10-7-13(18(22)20(17)24)5-3-12-4-8-15-14(11-12)6-9-16(21)19(15)23/h4,6-11H,2H2,1H3. The lowest BCUT2D eigenvalue weighted by Gasteiger charge is -2.05. The first-order chi connectivity index (χ1) is 12.0. The van der Waals surface area contributed by atoms with E-state index in [9.17, 15) is 17.6 Å². The molecular formula is C20H12F4O. The Kier molecular flexibility index (Phi) is 4.62. The Bertz CT molecular complexity index is 1020. The second kappa shape index (κ2) is 6.86. The summed E-state index contributed by atoms with van der Waals surface area (Å²) >= 11 is 0. The summed E-state index contributed by atoms with van der Waals surface area (Å²) in [6.07, 6.45) is 0. The number of hydrogen-bond donors (Lipinski definition) is 0. The number of fused-ring (bicyclic) bond motifs is 1. The topological polar surface area (TPSA) is 9.23 Å². The third-order valence-corrected chi connectivity index (χ3v) is 3.60. The molecule has 0 amide bonds. The van der Waals surface area contributed by atoms with Gasteiger partial charge in [-0.05, 0) is 42.6 Å². The highest BCUT2D eigenvalue weighted by Crippen LogP contribution is 2.23. The first-order valence-corrected chi connectivity index (χ1v) is 7.52. The van der Waals surface area contributed by atoms with Gasteiger partial charge >= 0.3 is 0 Å². The number of ether oxygens (including phenoxy) is 1. The molecule has 0 N–H and O–H groups in total. The fourth-order valence-electron chi connectivity index (χ4n) is 2.38. The van der Waals surface area contributed by atoms with Crippen molar-refractivity contribution in [2.75, 3.05) is 6.61 Å². The van der Waals surface area contributed by atoms with Gasteiger partial charge in [-0.15, -0.1) is 0 Å². The van der Waals surface area contributed by atoms with Gasteiger partial charge in [-0.2, -0.15) is 4.39 Å². The van der Waals surface area contributed by atoms with Crippen LogP contribution in [0.15, 0.2) is 42.5 Å². The highest BCUT2D eigenvalue weighted by molar-refractivity contribution is 5.84. The Morgan fingerprint density at radius 2 is 1.64 bits per heavy atom. The number of benzene rings is 3. The predicted octanol–water partition coefficient (Wildman–Crippen LogP) is 5.19. The van der Waals surface area contributed by atoms with Crippen LogP contribution >= 0.6 is 0 Å². The first kappa shape index (κ1) is 16.8. The lowest BCUT2D eigenvalue weighted by atomic mass is 10.1. The van der Waals surface area contributed by atoms with Crippen LogP contribution in [0.1, 0.15) is 18.1 Å². The molecule has 0 aliphatic carbocycles. The van der Waals surface area contributed by atoms with Gasteiger partial charge in [0.05, 0.1) is 12.2 Å². The van der Waals surface area contributed by atoms with Crippen LogP contribution in [0.4, 0.5) is 17.6 Å². The largest absolute Gasteiger partial charge is 0.491 e. The normalized spacial score (nSPS) is 10.4. The summed E-state index contributed by atoms with van der Waals surface area (Å²) in [6.45, 7) is 1.88. The molecule has 0 saturated heterocycles. The minimum Gasteiger partial charge on any atom is -0.491 e. The molecule has 0 spiro atoms. The van der Waals surface area contributed by atoms with Crippen LogP contribution in [0, 0.1) is 35.1 Å². The van der Waals surface area contributed by atoms with Crippen LogP contribution in [0.2, 0.25) is 0 Å². The van der Waals surface area contributed by atoms with Gasteiger partial charge in [-0.1, -0.05) is 24.0 Å². The van der Waals surface area contributed by atoms with Gasteiger partial charge in [0, 0.05) is 10.9 Å². The fraction of sp³-hybridized carbons (Fsp3) is 0.100. The molecular weight excluding hydrogens is 332 g/mol. The molecule has 5 heteroatoms. The van der Waals surface area contributed by atoms with Crippen LogP contribution in [-0.4, -0.2) is 6.61 Å². The average molecular weight is 344 g/mol. The quantitative estimate of drug-likeness (QED) is 0.459. The van der Waals surface area contributed by atoms with Gasteiger partial charge in [-0.25, -0.2) is 13.2 Å². The van der Waals surface area contributed by atoms with E-state index in [4.69, 9.17) is 4.74 Å². The van der Waals surface area contributed by atoms with Crippen molar-refractivity contribution in [3.8, 4) is 17.6 Å². The van der Waals surface area contributed by atoms with E-state index in [1.165, 1.54) is 30.3 Å². The zero-order chi connectivity index (χ0) is 18.0. The summed E-state index contributed by atoms with van der Waals surface area (Å²) in [5.41, 5.74) is 0.346. The van der Waals surface area contributed by atoms with E-state index in [1.54, 1.807) is 13.0 Å². The molecule has 0 saturated carbocycles. The minimum absolute atomic E-state index is 0.119. The van der Waals surface area contributed by atoms with Gasteiger partial charge in [0.25, 0.3) is 0 Å². The van der Waals surface area contributed by atoms with Gasteiger partial charge in [0.2, 0.25) is 5.82 Å². The molecule has 0 heterocycles. The SMILES string of the molecule is CCOc1ccc(C#Cc2ccc3c(F)c(F)ccc3c2)c(F)c1F. The van der Waals surface area contributed by atoms with Crippen molar-refractivity contribution < 1.29 is 22.3 Å². The van der Waals surface area contributed by atoms with Crippen molar-refractivity contribution in [3.05, 3.63) is 76.9 Å². The Morgan fingerprint density at radius 1 is 0.840 bits per heavy atom. The Hall–Kier alpha value is -3.00. The highest BCUT2D eigenvalue weighted by Gasteiger charge is 2.13. The molecule has 0 atom stereocenters. The molecule has 3 rings (SSSR count). The summed E-state index contributed by atoms with van der Waals surface area (Å²) in [4.78, 5) is 0. The van der Waals surface area contributed by atoms with Crippen LogP contribution in [0.5, 0.6) is 5.75 Å². The summed E-state index contributed by atoms with van der Waals surface area (Å²) in [5, 5.41) is 0.591. The van der Waals surface area contributed by atoms with Crippen molar-refractivity contribution in [1.82, 2.24) is 0 Å². The molecule has 3 aromatic carbocycles. The van der Waals surface area contributed by atoms with Gasteiger partial charge in [0.1, 0.15) is 0 Å². The molecule has 0 unspecified atom stereocenters. The molecule has 1 nitrogen and oxygen atoms in total. The molecule has 0 aliphatic rings. The van der Waals surface area contributed by atoms with E-state index in [1.807, 2.05) is 0 Å². The van der Waals surface area contributed by atoms with Crippen molar-refractivity contribution in [2.24, 2.45) is 0 Å². The molecule has 0 bridgehead atoms. The van der Waals surface area contributed by atoms with Crippen molar-refractivity contribution in [2.45, 2.75) is 6.92 Å². The maximum absolute atomic E-state index is 14.0. The van der Waals surface area contributed by atoms with Crippen LogP contribution in [0.3, 0.4) is 0 Å². The zero-order valence-corrected chi connectivity index (χ0v) is 13.2. The third kappa shape index (κ3) is 3.29. The molecule has 0 aliphatic heterocycles. The van der Waals surface area contributed by atoms with E-state index in [2.05, 4.69) is 11.8 Å². The summed E-state index contributed by atoms with van der Waals surface area (Å²) in [7, 11) is 0. The molecule has 0 radical (unpaired) electrons. The maximum Gasteiger partial charge on any atom is 0.201 e. The van der Waals surface area contributed by atoms with Crippen molar-refractivity contribution in [1.29, 1.82) is 0 Å². The molecule has 0 aromatic heterocycles. The smallest absolute Gasteiger partial charge is 0.201 e. The Labute approximate surface area is 141 Å². The van der Waals surface area contributed by atoms with Crippen LogP contribution in [0.25, 0.3) is 10.8 Å². The number of halogens is 4. The van der Waals surface area contributed by atoms with Crippen molar-refractivity contribution in [3.63, 3.8) is 0 Å². The second-order valence-electron chi connectivity index (χ2n) is 5.22. The Morgan fingerprint density at radius 3 is 2.40 bits per heavy atom. The average Bonchev–Trinajstić information content (AvgIpc) is 2.62. The Balaban J connectivity index is 1.98. The first-order valence-electron chi connectivity index (χ1n) is 7.52.